The number of halogens is 1. The van der Waals surface area contributed by atoms with Crippen LogP contribution in [0.1, 0.15) is 26.2 Å². The second-order valence-electron chi connectivity index (χ2n) is 6.10. The molecule has 0 bridgehead atoms. The number of benzene rings is 1. The van der Waals surface area contributed by atoms with Crippen LogP contribution in [0.25, 0.3) is 0 Å². The van der Waals surface area contributed by atoms with Crippen LogP contribution in [0.3, 0.4) is 0 Å². The molecule has 1 aliphatic heterocycles. The van der Waals surface area contributed by atoms with E-state index in [0.717, 1.165) is 38.0 Å². The summed E-state index contributed by atoms with van der Waals surface area (Å²) in [5, 5.41) is 9.12. The lowest BCUT2D eigenvalue weighted by atomic mass is 9.96. The van der Waals surface area contributed by atoms with Crippen molar-refractivity contribution in [2.75, 3.05) is 38.0 Å². The largest absolute Gasteiger partial charge is 0.355 e. The van der Waals surface area contributed by atoms with E-state index >= 15 is 0 Å². The van der Waals surface area contributed by atoms with Gasteiger partial charge in [0.05, 0.1) is 0 Å². The molecule has 1 aliphatic rings. The molecule has 0 unspecified atom stereocenters. The first kappa shape index (κ1) is 21.3. The molecule has 3 N–H and O–H groups in total. The van der Waals surface area contributed by atoms with Gasteiger partial charge in [0.25, 0.3) is 0 Å². The van der Waals surface area contributed by atoms with Gasteiger partial charge in [-0.1, -0.05) is 25.1 Å². The minimum Gasteiger partial charge on any atom is -0.355 e. The Morgan fingerprint density at radius 3 is 2.40 bits per heavy atom. The van der Waals surface area contributed by atoms with Crippen LogP contribution in [0.2, 0.25) is 0 Å². The number of nitrogens with one attached hydrogen (secondary N) is 3. The second kappa shape index (κ2) is 11.7. The van der Waals surface area contributed by atoms with E-state index in [4.69, 9.17) is 0 Å². The Bertz CT molecular complexity index is 519. The number of hydrogen-bond donors (Lipinski definition) is 3. The average Bonchev–Trinajstić information content (AvgIpc) is 2.62. The molecule has 1 fully saturated rings. The molecule has 1 heterocycles. The quantitative estimate of drug-likeness (QED) is 0.647. The van der Waals surface area contributed by atoms with Gasteiger partial charge in [-0.3, -0.25) is 4.79 Å². The Morgan fingerprint density at radius 1 is 1.08 bits per heavy atom. The van der Waals surface area contributed by atoms with Gasteiger partial charge in [-0.05, 0) is 37.9 Å². The van der Waals surface area contributed by atoms with Crippen molar-refractivity contribution < 1.29 is 9.59 Å². The Labute approximate surface area is 156 Å². The minimum absolute atomic E-state index is 0. The van der Waals surface area contributed by atoms with Gasteiger partial charge in [0.1, 0.15) is 0 Å². The Hall–Kier alpha value is -1.79. The number of carbonyl (C=O) groups is 2. The van der Waals surface area contributed by atoms with Crippen LogP contribution < -0.4 is 16.0 Å². The first-order valence-electron chi connectivity index (χ1n) is 8.80. The number of amides is 3. The lowest BCUT2D eigenvalue weighted by molar-refractivity contribution is -0.126. The number of rotatable bonds is 7. The number of nitrogens with zero attached hydrogens (tertiary/aromatic N) is 1. The van der Waals surface area contributed by atoms with E-state index in [9.17, 15) is 9.59 Å². The van der Waals surface area contributed by atoms with Crippen molar-refractivity contribution in [1.82, 2.24) is 15.5 Å². The van der Waals surface area contributed by atoms with Crippen LogP contribution in [-0.4, -0.2) is 49.6 Å². The summed E-state index contributed by atoms with van der Waals surface area (Å²) in [5.74, 6) is 0.119. The van der Waals surface area contributed by atoms with Gasteiger partial charge in [0.15, 0.2) is 0 Å². The maximum absolute atomic E-state index is 12.2. The second-order valence-corrected chi connectivity index (χ2v) is 6.10. The normalized spacial score (nSPS) is 14.5. The van der Waals surface area contributed by atoms with Crippen LogP contribution in [-0.2, 0) is 4.79 Å². The van der Waals surface area contributed by atoms with Crippen molar-refractivity contribution >= 4 is 30.0 Å². The third kappa shape index (κ3) is 7.32. The fourth-order valence-electron chi connectivity index (χ4n) is 2.79. The third-order valence-electron chi connectivity index (χ3n) is 4.21. The number of urea groups is 1. The minimum atomic E-state index is -0.0937. The molecule has 1 aromatic rings. The fourth-order valence-corrected chi connectivity index (χ4v) is 2.79. The molecule has 1 aromatic carbocycles. The van der Waals surface area contributed by atoms with Crippen LogP contribution in [0.5, 0.6) is 0 Å². The number of para-hydroxylation sites is 1. The van der Waals surface area contributed by atoms with Gasteiger partial charge in [0, 0.05) is 37.8 Å². The molecule has 0 atom stereocenters. The molecule has 140 valence electrons. The van der Waals surface area contributed by atoms with Crippen LogP contribution in [0, 0.1) is 5.92 Å². The van der Waals surface area contributed by atoms with Crippen molar-refractivity contribution in [3.8, 4) is 0 Å². The van der Waals surface area contributed by atoms with E-state index in [-0.39, 0.29) is 30.3 Å². The predicted molar refractivity (Wildman–Crippen MR) is 103 cm³/mol. The summed E-state index contributed by atoms with van der Waals surface area (Å²) >= 11 is 0. The van der Waals surface area contributed by atoms with Gasteiger partial charge in [0.2, 0.25) is 5.91 Å². The van der Waals surface area contributed by atoms with E-state index < -0.39 is 0 Å². The van der Waals surface area contributed by atoms with E-state index in [0.29, 0.717) is 19.6 Å². The van der Waals surface area contributed by atoms with Crippen molar-refractivity contribution in [3.05, 3.63) is 30.3 Å². The van der Waals surface area contributed by atoms with Crippen LogP contribution >= 0.6 is 12.4 Å². The van der Waals surface area contributed by atoms with E-state index in [1.54, 1.807) is 4.90 Å². The van der Waals surface area contributed by atoms with Gasteiger partial charge >= 0.3 is 6.03 Å². The monoisotopic (exact) mass is 368 g/mol. The van der Waals surface area contributed by atoms with E-state index in [1.165, 1.54) is 0 Å². The number of anilines is 1. The number of piperidine rings is 1. The van der Waals surface area contributed by atoms with Crippen molar-refractivity contribution in [2.45, 2.75) is 26.2 Å². The molecule has 6 nitrogen and oxygen atoms in total. The number of hydrogen-bond acceptors (Lipinski definition) is 3. The molecule has 0 saturated carbocycles. The highest BCUT2D eigenvalue weighted by Crippen LogP contribution is 2.18. The average molecular weight is 369 g/mol. The molecule has 0 spiro atoms. The first-order valence-corrected chi connectivity index (χ1v) is 8.80. The summed E-state index contributed by atoms with van der Waals surface area (Å²) in [4.78, 5) is 26.1. The topological polar surface area (TPSA) is 73.5 Å². The molecule has 0 aliphatic carbocycles. The SMILES string of the molecule is CCCNCCNC(=O)C1CCN(C(=O)Nc2ccccc2)CC1.Cl. The summed E-state index contributed by atoms with van der Waals surface area (Å²) in [6.07, 6.45) is 2.53. The molecule has 0 aromatic heterocycles. The van der Waals surface area contributed by atoms with Gasteiger partial charge in [-0.2, -0.15) is 0 Å². The summed E-state index contributed by atoms with van der Waals surface area (Å²) in [6.45, 7) is 5.79. The molecular formula is C18H29ClN4O2. The zero-order chi connectivity index (χ0) is 17.2. The summed E-state index contributed by atoms with van der Waals surface area (Å²) in [6, 6.07) is 9.33. The standard InChI is InChI=1S/C18H28N4O2.ClH/c1-2-10-19-11-12-20-17(23)15-8-13-22(14-9-15)18(24)21-16-6-4-3-5-7-16;/h3-7,15,19H,2,8-14H2,1H3,(H,20,23)(H,21,24);1H. The highest BCUT2D eigenvalue weighted by molar-refractivity contribution is 5.89. The molecule has 7 heteroatoms. The lowest BCUT2D eigenvalue weighted by Crippen LogP contribution is -2.45. The smallest absolute Gasteiger partial charge is 0.321 e. The van der Waals surface area contributed by atoms with Crippen molar-refractivity contribution in [2.24, 2.45) is 5.92 Å². The Morgan fingerprint density at radius 2 is 1.76 bits per heavy atom. The molecule has 25 heavy (non-hydrogen) atoms. The number of carbonyl (C=O) groups excluding carboxylic acids is 2. The number of likely N-dealkylation sites (tertiary alicyclic amines) is 1. The van der Waals surface area contributed by atoms with Crippen molar-refractivity contribution in [3.63, 3.8) is 0 Å². The van der Waals surface area contributed by atoms with Crippen LogP contribution in [0.15, 0.2) is 30.3 Å². The third-order valence-corrected chi connectivity index (χ3v) is 4.21. The molecule has 1 saturated heterocycles. The molecule has 2 rings (SSSR count). The maximum atomic E-state index is 12.2. The molecular weight excluding hydrogens is 340 g/mol. The highest BCUT2D eigenvalue weighted by Gasteiger charge is 2.27. The zero-order valence-corrected chi connectivity index (χ0v) is 15.6. The summed E-state index contributed by atoms with van der Waals surface area (Å²) < 4.78 is 0. The summed E-state index contributed by atoms with van der Waals surface area (Å²) in [5.41, 5.74) is 0.793. The highest BCUT2D eigenvalue weighted by atomic mass is 35.5. The maximum Gasteiger partial charge on any atom is 0.321 e. The Kier molecular flexibility index (Phi) is 9.96. The predicted octanol–water partition coefficient (Wildman–Crippen LogP) is 2.47. The lowest BCUT2D eigenvalue weighted by Gasteiger charge is -2.31. The first-order chi connectivity index (χ1) is 11.7. The van der Waals surface area contributed by atoms with Gasteiger partial charge in [-0.15, -0.1) is 12.4 Å². The van der Waals surface area contributed by atoms with Crippen LogP contribution in [0.4, 0.5) is 10.5 Å². The van der Waals surface area contributed by atoms with Crippen molar-refractivity contribution in [1.29, 1.82) is 0 Å². The molecule has 0 radical (unpaired) electrons. The molecule has 3 amide bonds. The van der Waals surface area contributed by atoms with E-state index in [1.807, 2.05) is 30.3 Å². The zero-order valence-electron chi connectivity index (χ0n) is 14.8. The fraction of sp³-hybridized carbons (Fsp3) is 0.556. The van der Waals surface area contributed by atoms with E-state index in [2.05, 4.69) is 22.9 Å². The van der Waals surface area contributed by atoms with Gasteiger partial charge in [-0.25, -0.2) is 4.79 Å². The summed E-state index contributed by atoms with van der Waals surface area (Å²) in [7, 11) is 0. The Balaban J connectivity index is 0.00000312. The van der Waals surface area contributed by atoms with Gasteiger partial charge < -0.3 is 20.9 Å².